The number of sulfonamides is 1. The summed E-state index contributed by atoms with van der Waals surface area (Å²) in [6.45, 7) is 1.56. The Kier molecular flexibility index (Phi) is 7.33. The molecule has 3 aromatic rings. The first-order valence-corrected chi connectivity index (χ1v) is 11.4. The average molecular weight is 459 g/mol. The van der Waals surface area contributed by atoms with Crippen LogP contribution in [0.5, 0.6) is 5.75 Å². The normalized spacial score (nSPS) is 11.4. The molecule has 0 unspecified atom stereocenters. The zero-order valence-electron chi connectivity index (χ0n) is 17.2. The molecule has 0 aliphatic carbocycles. The minimum atomic E-state index is -3.94. The molecule has 3 rings (SSSR count). The van der Waals surface area contributed by atoms with Crippen molar-refractivity contribution in [2.45, 2.75) is 18.4 Å². The largest absolute Gasteiger partial charge is 0.497 e. The van der Waals surface area contributed by atoms with Crippen LogP contribution >= 0.6 is 11.6 Å². The molecule has 0 spiro atoms. The smallest absolute Gasteiger partial charge is 0.243 e. The van der Waals surface area contributed by atoms with Gasteiger partial charge in [-0.05, 0) is 54.4 Å². The van der Waals surface area contributed by atoms with Crippen molar-refractivity contribution < 1.29 is 17.9 Å². The van der Waals surface area contributed by atoms with Crippen LogP contribution in [0.1, 0.15) is 11.1 Å². The summed E-state index contributed by atoms with van der Waals surface area (Å²) in [5.74, 6) is 0.0792. The van der Waals surface area contributed by atoms with Gasteiger partial charge in [-0.25, -0.2) is 8.42 Å². The van der Waals surface area contributed by atoms with E-state index in [2.05, 4.69) is 5.32 Å². The van der Waals surface area contributed by atoms with Crippen LogP contribution in [0.25, 0.3) is 0 Å². The van der Waals surface area contributed by atoms with Gasteiger partial charge in [0.25, 0.3) is 0 Å². The number of benzene rings is 3. The third kappa shape index (κ3) is 5.85. The first-order chi connectivity index (χ1) is 14.8. The van der Waals surface area contributed by atoms with Gasteiger partial charge in [-0.15, -0.1) is 0 Å². The Morgan fingerprint density at radius 2 is 1.71 bits per heavy atom. The number of hydrogen-bond acceptors (Lipinski definition) is 4. The van der Waals surface area contributed by atoms with Gasteiger partial charge in [-0.3, -0.25) is 4.79 Å². The van der Waals surface area contributed by atoms with E-state index in [0.717, 1.165) is 15.4 Å². The highest BCUT2D eigenvalue weighted by Crippen LogP contribution is 2.23. The van der Waals surface area contributed by atoms with Crippen molar-refractivity contribution in [3.63, 3.8) is 0 Å². The van der Waals surface area contributed by atoms with Gasteiger partial charge in [0.1, 0.15) is 5.75 Å². The van der Waals surface area contributed by atoms with Gasteiger partial charge in [-0.1, -0.05) is 48.0 Å². The fourth-order valence-electron chi connectivity index (χ4n) is 2.94. The van der Waals surface area contributed by atoms with Crippen LogP contribution in [0.4, 0.5) is 5.69 Å². The van der Waals surface area contributed by atoms with Gasteiger partial charge in [0.05, 0.1) is 18.6 Å². The molecule has 3 aromatic carbocycles. The summed E-state index contributed by atoms with van der Waals surface area (Å²) in [5, 5.41) is 3.24. The molecule has 162 valence electrons. The van der Waals surface area contributed by atoms with Crippen molar-refractivity contribution in [1.29, 1.82) is 0 Å². The molecule has 0 saturated carbocycles. The predicted octanol–water partition coefficient (Wildman–Crippen LogP) is 4.49. The highest BCUT2D eigenvalue weighted by atomic mass is 35.5. The molecule has 0 aliphatic rings. The first kappa shape index (κ1) is 22.8. The van der Waals surface area contributed by atoms with E-state index in [9.17, 15) is 13.2 Å². The summed E-state index contributed by atoms with van der Waals surface area (Å²) in [6, 6.07) is 20.3. The number of methoxy groups -OCH3 is 1. The number of rotatable bonds is 8. The molecule has 1 amide bonds. The first-order valence-electron chi connectivity index (χ1n) is 9.54. The zero-order chi connectivity index (χ0) is 22.4. The molecule has 0 fully saturated rings. The van der Waals surface area contributed by atoms with Gasteiger partial charge in [0, 0.05) is 17.3 Å². The Labute approximate surface area is 187 Å². The monoisotopic (exact) mass is 458 g/mol. The Balaban J connectivity index is 1.86. The molecule has 31 heavy (non-hydrogen) atoms. The Bertz CT molecular complexity index is 1150. The van der Waals surface area contributed by atoms with E-state index < -0.39 is 15.9 Å². The number of ether oxygens (including phenoxy) is 1. The number of nitrogens with zero attached hydrogens (tertiary/aromatic N) is 1. The summed E-state index contributed by atoms with van der Waals surface area (Å²) in [7, 11) is -2.43. The number of hydrogen-bond donors (Lipinski definition) is 1. The van der Waals surface area contributed by atoms with Crippen LogP contribution in [0.3, 0.4) is 0 Å². The lowest BCUT2D eigenvalue weighted by Gasteiger charge is -2.22. The van der Waals surface area contributed by atoms with Crippen molar-refractivity contribution in [2.75, 3.05) is 19.0 Å². The standard InChI is InChI=1S/C23H23ClN2O4S/c1-17-8-9-19(14-22(17)24)25-23(27)16-26(15-18-6-4-3-5-7-18)31(28,29)21-12-10-20(30-2)11-13-21/h3-14H,15-16H2,1-2H3,(H,25,27). The highest BCUT2D eigenvalue weighted by molar-refractivity contribution is 7.89. The van der Waals surface area contributed by atoms with E-state index in [1.165, 1.54) is 19.2 Å². The van der Waals surface area contributed by atoms with E-state index in [1.54, 1.807) is 30.3 Å². The van der Waals surface area contributed by atoms with E-state index in [1.807, 2.05) is 37.3 Å². The van der Waals surface area contributed by atoms with E-state index in [0.29, 0.717) is 16.5 Å². The number of nitrogens with one attached hydrogen (secondary N) is 1. The van der Waals surface area contributed by atoms with Gasteiger partial charge in [0.15, 0.2) is 0 Å². The van der Waals surface area contributed by atoms with Crippen molar-refractivity contribution in [2.24, 2.45) is 0 Å². The zero-order valence-corrected chi connectivity index (χ0v) is 18.8. The summed E-state index contributed by atoms with van der Waals surface area (Å²) in [5.41, 5.74) is 2.15. The number of anilines is 1. The van der Waals surface area contributed by atoms with Crippen LogP contribution in [0.2, 0.25) is 5.02 Å². The van der Waals surface area contributed by atoms with Crippen LogP contribution in [-0.4, -0.2) is 32.3 Å². The number of carbonyl (C=O) groups excluding carboxylic acids is 1. The van der Waals surface area contributed by atoms with Gasteiger partial charge in [-0.2, -0.15) is 4.31 Å². The number of amides is 1. The highest BCUT2D eigenvalue weighted by Gasteiger charge is 2.27. The topological polar surface area (TPSA) is 75.7 Å². The second-order valence-electron chi connectivity index (χ2n) is 6.95. The van der Waals surface area contributed by atoms with Gasteiger partial charge >= 0.3 is 0 Å². The van der Waals surface area contributed by atoms with Gasteiger partial charge in [0.2, 0.25) is 15.9 Å². The lowest BCUT2D eigenvalue weighted by molar-refractivity contribution is -0.116. The lowest BCUT2D eigenvalue weighted by atomic mass is 10.2. The second kappa shape index (κ2) is 9.96. The van der Waals surface area contributed by atoms with Crippen molar-refractivity contribution in [1.82, 2.24) is 4.31 Å². The number of halogens is 1. The SMILES string of the molecule is COc1ccc(S(=O)(=O)N(CC(=O)Nc2ccc(C)c(Cl)c2)Cc2ccccc2)cc1. The third-order valence-electron chi connectivity index (χ3n) is 4.67. The molecule has 0 aliphatic heterocycles. The van der Waals surface area contributed by atoms with Crippen molar-refractivity contribution in [3.8, 4) is 5.75 Å². The molecule has 6 nitrogen and oxygen atoms in total. The summed E-state index contributed by atoms with van der Waals surface area (Å²) < 4.78 is 32.9. The van der Waals surface area contributed by atoms with Crippen LogP contribution in [0, 0.1) is 6.92 Å². The van der Waals surface area contributed by atoms with E-state index in [4.69, 9.17) is 16.3 Å². The molecule has 1 N–H and O–H groups in total. The molecule has 0 atom stereocenters. The molecule has 0 aromatic heterocycles. The number of aryl methyl sites for hydroxylation is 1. The maximum atomic E-state index is 13.3. The predicted molar refractivity (Wildman–Crippen MR) is 122 cm³/mol. The Hall–Kier alpha value is -2.87. The average Bonchev–Trinajstić information content (AvgIpc) is 2.76. The third-order valence-corrected chi connectivity index (χ3v) is 6.89. The maximum absolute atomic E-state index is 13.3. The van der Waals surface area contributed by atoms with Crippen molar-refractivity contribution >= 4 is 33.2 Å². The van der Waals surface area contributed by atoms with E-state index in [-0.39, 0.29) is 18.0 Å². The van der Waals surface area contributed by atoms with E-state index >= 15 is 0 Å². The lowest BCUT2D eigenvalue weighted by Crippen LogP contribution is -2.37. The summed E-state index contributed by atoms with van der Waals surface area (Å²) in [4.78, 5) is 12.8. The summed E-state index contributed by atoms with van der Waals surface area (Å²) >= 11 is 6.12. The minimum absolute atomic E-state index is 0.0529. The van der Waals surface area contributed by atoms with Crippen molar-refractivity contribution in [3.05, 3.63) is 88.9 Å². The van der Waals surface area contributed by atoms with Gasteiger partial charge < -0.3 is 10.1 Å². The molecule has 0 saturated heterocycles. The fourth-order valence-corrected chi connectivity index (χ4v) is 4.51. The van der Waals surface area contributed by atoms with Crippen LogP contribution in [0.15, 0.2) is 77.7 Å². The fraction of sp³-hybridized carbons (Fsp3) is 0.174. The molecular formula is C23H23ClN2O4S. The van der Waals surface area contributed by atoms with Crippen LogP contribution in [-0.2, 0) is 21.4 Å². The molecule has 0 radical (unpaired) electrons. The molecular weight excluding hydrogens is 436 g/mol. The quantitative estimate of drug-likeness (QED) is 0.539. The Morgan fingerprint density at radius 1 is 1.03 bits per heavy atom. The molecule has 8 heteroatoms. The molecule has 0 heterocycles. The number of carbonyl (C=O) groups is 1. The molecule has 0 bridgehead atoms. The summed E-state index contributed by atoms with van der Waals surface area (Å²) in [6.07, 6.45) is 0. The van der Waals surface area contributed by atoms with Crippen LogP contribution < -0.4 is 10.1 Å². The maximum Gasteiger partial charge on any atom is 0.243 e. The second-order valence-corrected chi connectivity index (χ2v) is 9.29. The minimum Gasteiger partial charge on any atom is -0.497 e. The Morgan fingerprint density at radius 3 is 2.32 bits per heavy atom.